The van der Waals surface area contributed by atoms with E-state index in [0.717, 1.165) is 18.2 Å². The first-order valence-corrected chi connectivity index (χ1v) is 9.26. The lowest BCUT2D eigenvalue weighted by atomic mass is 10.2. The van der Waals surface area contributed by atoms with Gasteiger partial charge in [0.25, 0.3) is 10.0 Å². The van der Waals surface area contributed by atoms with Gasteiger partial charge < -0.3 is 4.74 Å². The highest BCUT2D eigenvalue weighted by atomic mass is 32.2. The van der Waals surface area contributed by atoms with Gasteiger partial charge in [-0.05, 0) is 47.7 Å². The van der Waals surface area contributed by atoms with Crippen LogP contribution in [-0.2, 0) is 16.6 Å². The Balaban J connectivity index is 2.08. The number of benzene rings is 2. The molecule has 8 nitrogen and oxygen atoms in total. The summed E-state index contributed by atoms with van der Waals surface area (Å²) in [4.78, 5) is -0.267. The molecular formula is C16H15F2N5O3S. The summed E-state index contributed by atoms with van der Waals surface area (Å²) in [6.45, 7) is 2.30. The first-order valence-electron chi connectivity index (χ1n) is 7.78. The van der Waals surface area contributed by atoms with Crippen LogP contribution in [0.2, 0.25) is 0 Å². The van der Waals surface area contributed by atoms with E-state index in [-0.39, 0.29) is 10.6 Å². The predicted molar refractivity (Wildman–Crippen MR) is 92.6 cm³/mol. The van der Waals surface area contributed by atoms with Crippen molar-refractivity contribution in [2.75, 3.05) is 11.8 Å². The summed E-state index contributed by atoms with van der Waals surface area (Å²) in [7, 11) is -2.99. The Morgan fingerprint density at radius 2 is 1.96 bits per heavy atom. The second-order valence-corrected chi connectivity index (χ2v) is 7.06. The van der Waals surface area contributed by atoms with E-state index in [1.165, 1.54) is 23.9 Å². The first kappa shape index (κ1) is 18.7. The molecule has 0 saturated carbocycles. The molecule has 0 unspecified atom stereocenters. The van der Waals surface area contributed by atoms with Crippen molar-refractivity contribution in [2.24, 2.45) is 0 Å². The topological polar surface area (TPSA) is 99.0 Å². The second-order valence-electron chi connectivity index (χ2n) is 5.41. The molecule has 0 amide bonds. The fourth-order valence-corrected chi connectivity index (χ4v) is 3.68. The van der Waals surface area contributed by atoms with Crippen LogP contribution in [0.25, 0.3) is 11.4 Å². The van der Waals surface area contributed by atoms with Gasteiger partial charge in [0, 0.05) is 18.2 Å². The van der Waals surface area contributed by atoms with Gasteiger partial charge in [-0.3, -0.25) is 4.72 Å². The number of halogens is 2. The summed E-state index contributed by atoms with van der Waals surface area (Å²) in [5.74, 6) is -1.31. The molecule has 27 heavy (non-hydrogen) atoms. The van der Waals surface area contributed by atoms with E-state index < -0.39 is 27.3 Å². The molecule has 3 rings (SSSR count). The van der Waals surface area contributed by atoms with Gasteiger partial charge in [-0.25, -0.2) is 21.9 Å². The number of nitrogens with one attached hydrogen (secondary N) is 1. The Hall–Kier alpha value is -3.08. The summed E-state index contributed by atoms with van der Waals surface area (Å²) >= 11 is 0. The molecular weight excluding hydrogens is 380 g/mol. The van der Waals surface area contributed by atoms with E-state index in [4.69, 9.17) is 4.74 Å². The van der Waals surface area contributed by atoms with Gasteiger partial charge in [0.15, 0.2) is 5.82 Å². The number of hydrogen-bond acceptors (Lipinski definition) is 6. The Morgan fingerprint density at radius 1 is 1.19 bits per heavy atom. The molecule has 3 aromatic rings. The lowest BCUT2D eigenvalue weighted by Crippen LogP contribution is -2.15. The van der Waals surface area contributed by atoms with E-state index >= 15 is 0 Å². The molecule has 1 N–H and O–H groups in total. The number of methoxy groups -OCH3 is 1. The Kier molecular flexibility index (Phi) is 5.04. The smallest absolute Gasteiger partial charge is 0.265 e. The zero-order valence-corrected chi connectivity index (χ0v) is 15.2. The molecule has 0 fully saturated rings. The quantitative estimate of drug-likeness (QED) is 0.688. The van der Waals surface area contributed by atoms with Crippen LogP contribution in [-0.4, -0.2) is 35.7 Å². The summed E-state index contributed by atoms with van der Waals surface area (Å²) in [6.07, 6.45) is 0. The summed E-state index contributed by atoms with van der Waals surface area (Å²) in [5.41, 5.74) is -0.0939. The number of aromatic nitrogens is 4. The highest BCUT2D eigenvalue weighted by molar-refractivity contribution is 7.92. The summed E-state index contributed by atoms with van der Waals surface area (Å²) in [5, 5.41) is 11.3. The largest absolute Gasteiger partial charge is 0.495 e. The number of ether oxygens (including phenoxy) is 1. The van der Waals surface area contributed by atoms with Crippen LogP contribution in [0.15, 0.2) is 41.3 Å². The number of rotatable bonds is 6. The highest BCUT2D eigenvalue weighted by Crippen LogP contribution is 2.31. The number of hydrogen-bond donors (Lipinski definition) is 1. The normalized spacial score (nSPS) is 11.4. The van der Waals surface area contributed by atoms with Crippen LogP contribution < -0.4 is 9.46 Å². The molecule has 1 aromatic heterocycles. The van der Waals surface area contributed by atoms with Crippen LogP contribution in [0.5, 0.6) is 5.75 Å². The molecule has 0 bridgehead atoms. The van der Waals surface area contributed by atoms with Crippen LogP contribution in [0.3, 0.4) is 0 Å². The fraction of sp³-hybridized carbons (Fsp3) is 0.188. The molecule has 0 radical (unpaired) electrons. The molecule has 1 heterocycles. The first-order chi connectivity index (χ1) is 12.9. The van der Waals surface area contributed by atoms with Gasteiger partial charge in [-0.1, -0.05) is 0 Å². The van der Waals surface area contributed by atoms with Gasteiger partial charge in [0.1, 0.15) is 22.3 Å². The maximum Gasteiger partial charge on any atom is 0.265 e. The monoisotopic (exact) mass is 395 g/mol. The van der Waals surface area contributed by atoms with Gasteiger partial charge in [0.05, 0.1) is 12.8 Å². The van der Waals surface area contributed by atoms with Crippen molar-refractivity contribution in [1.82, 2.24) is 20.2 Å². The van der Waals surface area contributed by atoms with Gasteiger partial charge >= 0.3 is 0 Å². The van der Waals surface area contributed by atoms with E-state index in [1.807, 2.05) is 11.6 Å². The maximum atomic E-state index is 13.8. The second kappa shape index (κ2) is 7.27. The van der Waals surface area contributed by atoms with Crippen molar-refractivity contribution in [1.29, 1.82) is 0 Å². The zero-order valence-electron chi connectivity index (χ0n) is 14.3. The maximum absolute atomic E-state index is 13.8. The third kappa shape index (κ3) is 3.72. The van der Waals surface area contributed by atoms with Crippen molar-refractivity contribution in [3.8, 4) is 17.1 Å². The van der Waals surface area contributed by atoms with Crippen molar-refractivity contribution in [3.63, 3.8) is 0 Å². The number of sulfonamides is 1. The summed E-state index contributed by atoms with van der Waals surface area (Å²) in [6, 6.07) is 6.80. The summed E-state index contributed by atoms with van der Waals surface area (Å²) < 4.78 is 61.4. The average Bonchev–Trinajstić information content (AvgIpc) is 3.12. The van der Waals surface area contributed by atoms with Crippen molar-refractivity contribution >= 4 is 15.7 Å². The molecule has 0 aliphatic carbocycles. The Morgan fingerprint density at radius 3 is 2.67 bits per heavy atom. The molecule has 0 atom stereocenters. The van der Waals surface area contributed by atoms with Gasteiger partial charge in [0.2, 0.25) is 0 Å². The Labute approximate surface area is 153 Å². The van der Waals surface area contributed by atoms with Crippen molar-refractivity contribution in [3.05, 3.63) is 48.0 Å². The molecule has 142 valence electrons. The Bertz CT molecular complexity index is 1090. The minimum atomic E-state index is -4.29. The number of nitrogens with zero attached hydrogens (tertiary/aromatic N) is 4. The van der Waals surface area contributed by atoms with Gasteiger partial charge in [-0.2, -0.15) is 0 Å². The minimum absolute atomic E-state index is 0.0265. The average molecular weight is 395 g/mol. The molecule has 0 saturated heterocycles. The standard InChI is InChI=1S/C16H15F2N5O3S/c1-3-23-16(19-21-22-23)10-4-7-14(26-2)15(8-10)27(24,25)20-13-9-11(17)5-6-12(13)18/h4-9,20H,3H2,1-2H3. The number of tetrazole rings is 1. The van der Waals surface area contributed by atoms with E-state index in [0.29, 0.717) is 17.9 Å². The molecule has 0 aliphatic heterocycles. The third-order valence-corrected chi connectivity index (χ3v) is 5.10. The van der Waals surface area contributed by atoms with Crippen molar-refractivity contribution < 1.29 is 21.9 Å². The lowest BCUT2D eigenvalue weighted by Gasteiger charge is -2.13. The van der Waals surface area contributed by atoms with Crippen LogP contribution in [0.1, 0.15) is 6.92 Å². The molecule has 0 spiro atoms. The fourth-order valence-electron chi connectivity index (χ4n) is 2.43. The zero-order chi connectivity index (χ0) is 19.6. The van der Waals surface area contributed by atoms with Crippen LogP contribution in [0.4, 0.5) is 14.5 Å². The minimum Gasteiger partial charge on any atom is -0.495 e. The SMILES string of the molecule is CCn1nnnc1-c1ccc(OC)c(S(=O)(=O)Nc2cc(F)ccc2F)c1. The predicted octanol–water partition coefficient (Wildman–Crippen LogP) is 2.45. The van der Waals surface area contributed by atoms with Gasteiger partial charge in [-0.15, -0.1) is 5.10 Å². The van der Waals surface area contributed by atoms with E-state index in [9.17, 15) is 17.2 Å². The molecule has 11 heteroatoms. The number of aryl methyl sites for hydroxylation is 1. The van der Waals surface area contributed by atoms with Crippen LogP contribution in [0, 0.1) is 11.6 Å². The lowest BCUT2D eigenvalue weighted by molar-refractivity contribution is 0.403. The third-order valence-electron chi connectivity index (χ3n) is 3.72. The van der Waals surface area contributed by atoms with Crippen molar-refractivity contribution in [2.45, 2.75) is 18.4 Å². The van der Waals surface area contributed by atoms with E-state index in [2.05, 4.69) is 15.5 Å². The number of anilines is 1. The van der Waals surface area contributed by atoms with Crippen LogP contribution >= 0.6 is 0 Å². The van der Waals surface area contributed by atoms with E-state index in [1.54, 1.807) is 6.07 Å². The molecule has 0 aliphatic rings. The highest BCUT2D eigenvalue weighted by Gasteiger charge is 2.23. The molecule has 2 aromatic carbocycles.